The van der Waals surface area contributed by atoms with E-state index in [-0.39, 0.29) is 6.09 Å². The van der Waals surface area contributed by atoms with Crippen LogP contribution in [0.2, 0.25) is 0 Å². The smallest absolute Gasteiger partial charge is 0.410 e. The zero-order valence-corrected chi connectivity index (χ0v) is 15.8. The minimum Gasteiger partial charge on any atom is -0.444 e. The summed E-state index contributed by atoms with van der Waals surface area (Å²) in [6.45, 7) is 8.46. The van der Waals surface area contributed by atoms with Gasteiger partial charge in [-0.3, -0.25) is 0 Å². The molecule has 1 aromatic heterocycles. The minimum absolute atomic E-state index is 0.238. The lowest BCUT2D eigenvalue weighted by molar-refractivity contribution is 0.0240. The van der Waals surface area contributed by atoms with Crippen molar-refractivity contribution in [2.24, 2.45) is 0 Å². The molecule has 0 radical (unpaired) electrons. The molecule has 2 aromatic rings. The van der Waals surface area contributed by atoms with Gasteiger partial charge in [0, 0.05) is 36.0 Å². The largest absolute Gasteiger partial charge is 0.444 e. The summed E-state index contributed by atoms with van der Waals surface area (Å²) in [4.78, 5) is 20.9. The zero-order valence-electron chi connectivity index (χ0n) is 14.3. The first-order chi connectivity index (χ1) is 11.3. The summed E-state index contributed by atoms with van der Waals surface area (Å²) in [6, 6.07) is 10.1. The van der Waals surface area contributed by atoms with E-state index in [1.807, 2.05) is 45.0 Å². The topological polar surface area (TPSA) is 45.7 Å². The Morgan fingerprint density at radius 1 is 1.12 bits per heavy atom. The third-order valence-electron chi connectivity index (χ3n) is 3.92. The van der Waals surface area contributed by atoms with Crippen molar-refractivity contribution in [3.8, 4) is 0 Å². The number of anilines is 1. The van der Waals surface area contributed by atoms with Gasteiger partial charge in [0.15, 0.2) is 0 Å². The molecule has 1 saturated heterocycles. The summed E-state index contributed by atoms with van der Waals surface area (Å²) in [6.07, 6.45) is -0.238. The molecular weight excluding hydrogens is 370 g/mol. The van der Waals surface area contributed by atoms with E-state index in [0.29, 0.717) is 13.1 Å². The van der Waals surface area contributed by atoms with Gasteiger partial charge in [-0.25, -0.2) is 9.78 Å². The Balaban J connectivity index is 1.68. The van der Waals surface area contributed by atoms with Gasteiger partial charge in [-0.15, -0.1) is 0 Å². The predicted octanol–water partition coefficient (Wildman–Crippen LogP) is 4.05. The molecule has 1 fully saturated rings. The van der Waals surface area contributed by atoms with Crippen LogP contribution in [0.3, 0.4) is 0 Å². The molecule has 0 aliphatic carbocycles. The van der Waals surface area contributed by atoms with Crippen molar-refractivity contribution in [3.63, 3.8) is 0 Å². The fourth-order valence-electron chi connectivity index (χ4n) is 2.73. The number of carbonyl (C=O) groups excluding carboxylic acids is 1. The van der Waals surface area contributed by atoms with Crippen LogP contribution >= 0.6 is 15.9 Å². The van der Waals surface area contributed by atoms with E-state index in [1.165, 1.54) is 0 Å². The van der Waals surface area contributed by atoms with Gasteiger partial charge in [0.05, 0.1) is 5.52 Å². The predicted molar refractivity (Wildman–Crippen MR) is 99.5 cm³/mol. The Morgan fingerprint density at radius 2 is 1.83 bits per heavy atom. The number of ether oxygens (including phenoxy) is 1. The quantitative estimate of drug-likeness (QED) is 0.735. The van der Waals surface area contributed by atoms with Crippen molar-refractivity contribution in [1.82, 2.24) is 9.88 Å². The lowest BCUT2D eigenvalue weighted by Crippen LogP contribution is -2.50. The SMILES string of the molecule is CC(C)(C)OC(=O)N1CCN(c2ccc3c(Br)cccc3n2)CC1. The lowest BCUT2D eigenvalue weighted by Gasteiger charge is -2.36. The van der Waals surface area contributed by atoms with E-state index in [4.69, 9.17) is 9.72 Å². The number of rotatable bonds is 1. The van der Waals surface area contributed by atoms with Crippen molar-refractivity contribution >= 4 is 38.7 Å². The van der Waals surface area contributed by atoms with Crippen molar-refractivity contribution in [2.75, 3.05) is 31.1 Å². The van der Waals surface area contributed by atoms with Gasteiger partial charge >= 0.3 is 6.09 Å². The Morgan fingerprint density at radius 3 is 2.50 bits per heavy atom. The number of halogens is 1. The first-order valence-electron chi connectivity index (χ1n) is 8.12. The molecule has 0 spiro atoms. The molecule has 0 N–H and O–H groups in total. The van der Waals surface area contributed by atoms with Gasteiger partial charge in [0.25, 0.3) is 0 Å². The van der Waals surface area contributed by atoms with E-state index in [0.717, 1.165) is 34.3 Å². The molecule has 3 rings (SSSR count). The molecular formula is C18H22BrN3O2. The molecule has 6 heteroatoms. The molecule has 0 bridgehead atoms. The van der Waals surface area contributed by atoms with Crippen LogP contribution in [0.5, 0.6) is 0 Å². The maximum atomic E-state index is 12.1. The van der Waals surface area contributed by atoms with Crippen LogP contribution < -0.4 is 4.90 Å². The van der Waals surface area contributed by atoms with Gasteiger partial charge in [-0.05, 0) is 45.0 Å². The summed E-state index contributed by atoms with van der Waals surface area (Å²) < 4.78 is 6.49. The second kappa shape index (κ2) is 6.59. The van der Waals surface area contributed by atoms with Crippen LogP contribution in [-0.2, 0) is 4.74 Å². The average Bonchev–Trinajstić information content (AvgIpc) is 2.53. The van der Waals surface area contributed by atoms with E-state index in [1.54, 1.807) is 4.90 Å². The third kappa shape index (κ3) is 3.80. The molecule has 2 heterocycles. The molecule has 5 nitrogen and oxygen atoms in total. The van der Waals surface area contributed by atoms with E-state index >= 15 is 0 Å². The maximum absolute atomic E-state index is 12.1. The Hall–Kier alpha value is -1.82. The fraction of sp³-hybridized carbons (Fsp3) is 0.444. The number of amides is 1. The first kappa shape index (κ1) is 17.0. The summed E-state index contributed by atoms with van der Waals surface area (Å²) in [5.41, 5.74) is 0.512. The second-order valence-corrected chi connectivity index (χ2v) is 7.78. The molecule has 0 atom stereocenters. The molecule has 1 aliphatic heterocycles. The number of fused-ring (bicyclic) bond motifs is 1. The Kier molecular flexibility index (Phi) is 4.67. The third-order valence-corrected chi connectivity index (χ3v) is 4.61. The number of benzene rings is 1. The highest BCUT2D eigenvalue weighted by Crippen LogP contribution is 2.25. The number of hydrogen-bond donors (Lipinski definition) is 0. The lowest BCUT2D eigenvalue weighted by atomic mass is 10.2. The van der Waals surface area contributed by atoms with Crippen LogP contribution in [0, 0.1) is 0 Å². The molecule has 1 aliphatic rings. The number of pyridine rings is 1. The van der Waals surface area contributed by atoms with Crippen LogP contribution in [0.1, 0.15) is 20.8 Å². The van der Waals surface area contributed by atoms with Crippen LogP contribution in [0.4, 0.5) is 10.6 Å². The summed E-state index contributed by atoms with van der Waals surface area (Å²) >= 11 is 3.55. The first-order valence-corrected chi connectivity index (χ1v) is 8.91. The normalized spacial score (nSPS) is 15.7. The molecule has 24 heavy (non-hydrogen) atoms. The number of carbonyl (C=O) groups is 1. The van der Waals surface area contributed by atoms with Crippen LogP contribution in [0.25, 0.3) is 10.9 Å². The van der Waals surface area contributed by atoms with Crippen molar-refractivity contribution in [1.29, 1.82) is 0 Å². The fourth-order valence-corrected chi connectivity index (χ4v) is 3.22. The maximum Gasteiger partial charge on any atom is 0.410 e. The van der Waals surface area contributed by atoms with Gasteiger partial charge in [0.1, 0.15) is 11.4 Å². The van der Waals surface area contributed by atoms with Crippen molar-refractivity contribution in [3.05, 3.63) is 34.8 Å². The van der Waals surface area contributed by atoms with Crippen LogP contribution in [0.15, 0.2) is 34.8 Å². The highest BCUT2D eigenvalue weighted by Gasteiger charge is 2.26. The van der Waals surface area contributed by atoms with E-state index < -0.39 is 5.60 Å². The monoisotopic (exact) mass is 391 g/mol. The number of aromatic nitrogens is 1. The van der Waals surface area contributed by atoms with Gasteiger partial charge in [0.2, 0.25) is 0 Å². The Labute approximate surface area is 150 Å². The van der Waals surface area contributed by atoms with E-state index in [9.17, 15) is 4.79 Å². The van der Waals surface area contributed by atoms with Gasteiger partial charge in [-0.1, -0.05) is 22.0 Å². The standard InChI is InChI=1S/C18H22BrN3O2/c1-18(2,3)24-17(23)22-11-9-21(10-12-22)16-8-7-13-14(19)5-4-6-15(13)20-16/h4-8H,9-12H2,1-3H3. The highest BCUT2D eigenvalue weighted by atomic mass is 79.9. The highest BCUT2D eigenvalue weighted by molar-refractivity contribution is 9.10. The molecule has 0 unspecified atom stereocenters. The van der Waals surface area contributed by atoms with Crippen molar-refractivity contribution < 1.29 is 9.53 Å². The second-order valence-electron chi connectivity index (χ2n) is 6.93. The summed E-state index contributed by atoms with van der Waals surface area (Å²) in [7, 11) is 0. The van der Waals surface area contributed by atoms with E-state index in [2.05, 4.69) is 26.9 Å². The van der Waals surface area contributed by atoms with Crippen LogP contribution in [-0.4, -0.2) is 47.8 Å². The van der Waals surface area contributed by atoms with Crippen molar-refractivity contribution in [2.45, 2.75) is 26.4 Å². The van der Waals surface area contributed by atoms with Gasteiger partial charge in [-0.2, -0.15) is 0 Å². The zero-order chi connectivity index (χ0) is 17.3. The number of nitrogens with zero attached hydrogens (tertiary/aromatic N) is 3. The number of piperazine rings is 1. The minimum atomic E-state index is -0.457. The number of hydrogen-bond acceptors (Lipinski definition) is 4. The summed E-state index contributed by atoms with van der Waals surface area (Å²) in [5.74, 6) is 0.949. The Bertz CT molecular complexity index is 750. The van der Waals surface area contributed by atoms with Gasteiger partial charge < -0.3 is 14.5 Å². The molecule has 0 saturated carbocycles. The average molecular weight is 392 g/mol. The molecule has 1 aromatic carbocycles. The summed E-state index contributed by atoms with van der Waals surface area (Å²) in [5, 5.41) is 1.11. The molecule has 128 valence electrons. The molecule has 1 amide bonds.